The maximum Gasteiger partial charge on any atom is 1.00 e. The maximum atomic E-state index is 9.40. The second-order valence-corrected chi connectivity index (χ2v) is 4.25. The third-order valence-electron chi connectivity index (χ3n) is 1.18. The summed E-state index contributed by atoms with van der Waals surface area (Å²) in [5.74, 6) is 0. The third kappa shape index (κ3) is 31.3. The van der Waals surface area contributed by atoms with Crippen molar-refractivity contribution in [2.45, 2.75) is 32.6 Å². The first-order chi connectivity index (χ1) is 6.54. The molecule has 0 saturated carbocycles. The van der Waals surface area contributed by atoms with Crippen molar-refractivity contribution in [3.63, 3.8) is 0 Å². The maximum absolute atomic E-state index is 9.40. The molecule has 0 aromatic rings. The molecule has 0 amide bonds. The van der Waals surface area contributed by atoms with E-state index in [1.807, 2.05) is 0 Å². The topological polar surface area (TPSA) is 107 Å². The van der Waals surface area contributed by atoms with E-state index in [0.717, 1.165) is 6.42 Å². The monoisotopic (exact) mass is 270 g/mol. The Hall–Kier alpha value is 1.30. The van der Waals surface area contributed by atoms with Gasteiger partial charge in [-0.15, -0.1) is 0 Å². The first-order valence-corrected chi connectivity index (χ1v) is 6.76. The van der Waals surface area contributed by atoms with Crippen LogP contribution in [0.3, 0.4) is 0 Å². The largest absolute Gasteiger partial charge is 1.00 e. The molecular weight excluding hydrogens is 253 g/mol. The summed E-state index contributed by atoms with van der Waals surface area (Å²) in [6.07, 6.45) is 4.68. The van der Waals surface area contributed by atoms with Crippen LogP contribution >= 0.6 is 16.5 Å². The summed E-state index contributed by atoms with van der Waals surface area (Å²) in [7, 11) is -6.72. The van der Waals surface area contributed by atoms with Gasteiger partial charge in [0.2, 0.25) is 0 Å². The molecule has 0 spiro atoms. The average Bonchev–Trinajstić information content (AvgIpc) is 2.04. The predicted molar refractivity (Wildman–Crippen MR) is 52.5 cm³/mol. The van der Waals surface area contributed by atoms with E-state index in [2.05, 4.69) is 11.2 Å². The van der Waals surface area contributed by atoms with Gasteiger partial charge in [0.25, 0.3) is 0 Å². The van der Waals surface area contributed by atoms with Crippen molar-refractivity contribution in [2.24, 2.45) is 0 Å². The Bertz CT molecular complexity index is 152. The van der Waals surface area contributed by atoms with Crippen LogP contribution in [0.2, 0.25) is 0 Å². The van der Waals surface area contributed by atoms with E-state index in [0.29, 0.717) is 6.61 Å². The number of unbranched alkanes of at least 4 members (excludes halogenated alkanes) is 3. The summed E-state index contributed by atoms with van der Waals surface area (Å²) in [5.41, 5.74) is 0. The molecule has 2 unspecified atom stereocenters. The van der Waals surface area contributed by atoms with Crippen molar-refractivity contribution in [3.8, 4) is 0 Å². The second kappa shape index (κ2) is 17.7. The zero-order valence-electron chi connectivity index (χ0n) is 9.06. The molecule has 0 aliphatic rings. The Balaban J connectivity index is -0.000000180. The minimum Gasteiger partial charge on any atom is -0.781 e. The molecular formula is C6H17NaO6P2. The molecule has 0 aromatic heterocycles. The van der Waals surface area contributed by atoms with Gasteiger partial charge in [-0.1, -0.05) is 26.2 Å². The number of hydrogen-bond acceptors (Lipinski definition) is 5. The number of hydrogen-bond donors (Lipinski definition) is 2. The molecule has 15 heavy (non-hydrogen) atoms. The van der Waals surface area contributed by atoms with Crippen molar-refractivity contribution in [2.75, 3.05) is 6.61 Å². The quantitative estimate of drug-likeness (QED) is 0.319. The summed E-state index contributed by atoms with van der Waals surface area (Å²) in [6.45, 7) is 2.53. The van der Waals surface area contributed by atoms with Crippen LogP contribution in [-0.2, 0) is 13.4 Å². The molecule has 2 atom stereocenters. The second-order valence-electron chi connectivity index (χ2n) is 2.40. The molecule has 0 heterocycles. The van der Waals surface area contributed by atoms with Crippen LogP contribution in [0.4, 0.5) is 0 Å². The fourth-order valence-corrected chi connectivity index (χ4v) is 1.18. The fourth-order valence-electron chi connectivity index (χ4n) is 0.610. The van der Waals surface area contributed by atoms with E-state index in [1.165, 1.54) is 19.3 Å². The van der Waals surface area contributed by atoms with Crippen LogP contribution in [0.25, 0.3) is 0 Å². The molecule has 9 heteroatoms. The van der Waals surface area contributed by atoms with Gasteiger partial charge < -0.3 is 19.5 Å². The molecule has 88 valence electrons. The average molecular weight is 270 g/mol. The minimum absolute atomic E-state index is 0. The molecule has 0 aliphatic heterocycles. The van der Waals surface area contributed by atoms with Crippen molar-refractivity contribution < 1.29 is 57.9 Å². The summed E-state index contributed by atoms with van der Waals surface area (Å²) in [6, 6.07) is 0. The molecule has 0 radical (unpaired) electrons. The van der Waals surface area contributed by atoms with Crippen molar-refractivity contribution >= 4 is 16.5 Å². The first kappa shape index (κ1) is 21.6. The Morgan fingerprint density at radius 2 is 1.80 bits per heavy atom. The Labute approximate surface area is 113 Å². The minimum atomic E-state index is -3.45. The zero-order chi connectivity index (χ0) is 11.4. The summed E-state index contributed by atoms with van der Waals surface area (Å²) in [5, 5.41) is 8.29. The van der Waals surface area contributed by atoms with Gasteiger partial charge in [0.1, 0.15) is 8.25 Å². The Morgan fingerprint density at radius 1 is 1.27 bits per heavy atom. The molecule has 6 nitrogen and oxygen atoms in total. The Kier molecular flexibility index (Phi) is 25.4. The van der Waals surface area contributed by atoms with Crippen molar-refractivity contribution in [1.82, 2.24) is 0 Å². The molecule has 0 rings (SSSR count). The number of aliphatic hydroxyl groups is 1. The zero-order valence-corrected chi connectivity index (χ0v) is 13.1. The normalized spacial score (nSPS) is 13.1. The molecule has 0 bridgehead atoms. The molecule has 2 N–H and O–H groups in total. The fraction of sp³-hybridized carbons (Fsp3) is 1.00. The van der Waals surface area contributed by atoms with E-state index in [1.54, 1.807) is 0 Å². The van der Waals surface area contributed by atoms with Gasteiger partial charge >= 0.3 is 37.8 Å². The predicted octanol–water partition coefficient (Wildman–Crippen LogP) is -2.30. The summed E-state index contributed by atoms with van der Waals surface area (Å²) in [4.78, 5) is 17.0. The number of rotatable bonds is 6. The molecule has 0 aliphatic carbocycles. The standard InChI is InChI=1S/C6H14O.Na.H4O5P2/c1-2-3-4-5-6-7;;1-6(2)5-7(3)4/h7H,2-6H2,1H3;;6-7H,(H,1,2)(H,3,4)/q;+1;/p-1. The van der Waals surface area contributed by atoms with Gasteiger partial charge in [0.05, 0.1) is 0 Å². The van der Waals surface area contributed by atoms with Crippen LogP contribution in [0.15, 0.2) is 0 Å². The van der Waals surface area contributed by atoms with Gasteiger partial charge in [0.15, 0.2) is 0 Å². The SMILES string of the molecule is CCCCCCO.O=[PH]([O-])O[PH](=O)O.[Na+]. The van der Waals surface area contributed by atoms with Crippen LogP contribution < -0.4 is 34.5 Å². The van der Waals surface area contributed by atoms with E-state index < -0.39 is 16.5 Å². The van der Waals surface area contributed by atoms with E-state index in [-0.39, 0.29) is 29.6 Å². The van der Waals surface area contributed by atoms with Crippen LogP contribution in [0.1, 0.15) is 32.6 Å². The van der Waals surface area contributed by atoms with Gasteiger partial charge in [0, 0.05) is 6.61 Å². The van der Waals surface area contributed by atoms with Crippen molar-refractivity contribution in [1.29, 1.82) is 0 Å². The van der Waals surface area contributed by atoms with E-state index >= 15 is 0 Å². The smallest absolute Gasteiger partial charge is 0.781 e. The molecule has 0 saturated heterocycles. The Morgan fingerprint density at radius 3 is 2.00 bits per heavy atom. The van der Waals surface area contributed by atoms with Crippen LogP contribution in [-0.4, -0.2) is 16.6 Å². The summed E-state index contributed by atoms with van der Waals surface area (Å²) < 4.78 is 22.1. The van der Waals surface area contributed by atoms with Crippen LogP contribution in [0.5, 0.6) is 0 Å². The van der Waals surface area contributed by atoms with Gasteiger partial charge in [-0.25, -0.2) is 0 Å². The van der Waals surface area contributed by atoms with Crippen molar-refractivity contribution in [3.05, 3.63) is 0 Å². The molecule has 0 aromatic carbocycles. The first-order valence-electron chi connectivity index (χ1n) is 4.27. The van der Waals surface area contributed by atoms with Gasteiger partial charge in [-0.2, -0.15) is 0 Å². The third-order valence-corrected chi connectivity index (χ3v) is 2.55. The van der Waals surface area contributed by atoms with Gasteiger partial charge in [-0.3, -0.25) is 8.88 Å². The van der Waals surface area contributed by atoms with Gasteiger partial charge in [-0.05, 0) is 6.42 Å². The number of aliphatic hydroxyl groups excluding tert-OH is 1. The van der Waals surface area contributed by atoms with E-state index in [4.69, 9.17) is 10.00 Å². The van der Waals surface area contributed by atoms with E-state index in [9.17, 15) is 14.0 Å². The molecule has 0 fully saturated rings. The van der Waals surface area contributed by atoms with Crippen LogP contribution in [0, 0.1) is 0 Å². The summed E-state index contributed by atoms with van der Waals surface area (Å²) >= 11 is 0.